The highest BCUT2D eigenvalue weighted by atomic mass is 32.2. The van der Waals surface area contributed by atoms with Crippen molar-refractivity contribution < 1.29 is 27.1 Å². The van der Waals surface area contributed by atoms with Gasteiger partial charge in [0.2, 0.25) is 0 Å². The van der Waals surface area contributed by atoms with Crippen molar-refractivity contribution in [1.82, 2.24) is 5.06 Å². The van der Waals surface area contributed by atoms with Gasteiger partial charge in [0.25, 0.3) is 21.9 Å². The predicted octanol–water partition coefficient (Wildman–Crippen LogP) is 2.68. The minimum atomic E-state index is -4.34. The average Bonchev–Trinajstić information content (AvgIpc) is 3.00. The van der Waals surface area contributed by atoms with Crippen molar-refractivity contribution in [1.29, 1.82) is 0 Å². The third-order valence-electron chi connectivity index (χ3n) is 6.80. The van der Waals surface area contributed by atoms with E-state index in [1.54, 1.807) is 27.7 Å². The Hall–Kier alpha value is -1.80. The molecular formula is C20H27NO6S. The predicted molar refractivity (Wildman–Crippen MR) is 102 cm³/mol. The fraction of sp³-hybridized carbons (Fsp3) is 0.650. The van der Waals surface area contributed by atoms with Gasteiger partial charge in [0.05, 0.1) is 22.3 Å². The van der Waals surface area contributed by atoms with Crippen LogP contribution in [0.25, 0.3) is 0 Å². The summed E-state index contributed by atoms with van der Waals surface area (Å²) in [5.41, 5.74) is 0.0364. The van der Waals surface area contributed by atoms with Crippen LogP contribution in [0.4, 0.5) is 0 Å². The minimum Gasteiger partial charge on any atom is -0.299 e. The van der Waals surface area contributed by atoms with Gasteiger partial charge in [0.1, 0.15) is 5.78 Å². The number of rotatable bonds is 4. The molecule has 7 nitrogen and oxygen atoms in total. The summed E-state index contributed by atoms with van der Waals surface area (Å²) < 4.78 is 30.7. The Morgan fingerprint density at radius 1 is 1.04 bits per heavy atom. The summed E-state index contributed by atoms with van der Waals surface area (Å²) in [4.78, 5) is 38.0. The van der Waals surface area contributed by atoms with Gasteiger partial charge in [-0.05, 0) is 51.9 Å². The van der Waals surface area contributed by atoms with Gasteiger partial charge in [-0.2, -0.15) is 8.42 Å². The molecule has 1 saturated heterocycles. The number of fused-ring (bicyclic) bond motifs is 2. The van der Waals surface area contributed by atoms with Gasteiger partial charge >= 0.3 is 0 Å². The van der Waals surface area contributed by atoms with Crippen LogP contribution in [0.2, 0.25) is 0 Å². The monoisotopic (exact) mass is 409 g/mol. The zero-order valence-corrected chi connectivity index (χ0v) is 18.0. The second-order valence-electron chi connectivity index (χ2n) is 9.10. The maximum atomic E-state index is 12.8. The molecule has 0 radical (unpaired) electrons. The maximum Gasteiger partial charge on any atom is 0.289 e. The number of allylic oxidation sites excluding steroid dienone is 2. The first-order chi connectivity index (χ1) is 12.7. The molecule has 2 aliphatic carbocycles. The fourth-order valence-corrected chi connectivity index (χ4v) is 6.75. The number of amides is 2. The lowest BCUT2D eigenvalue weighted by Gasteiger charge is -2.35. The minimum absolute atomic E-state index is 0.0741. The first-order valence-electron chi connectivity index (χ1n) is 9.45. The van der Waals surface area contributed by atoms with E-state index in [0.717, 1.165) is 6.42 Å². The van der Waals surface area contributed by atoms with E-state index in [4.69, 9.17) is 4.28 Å². The number of hydroxylamine groups is 2. The van der Waals surface area contributed by atoms with E-state index >= 15 is 0 Å². The molecule has 2 atom stereocenters. The van der Waals surface area contributed by atoms with Crippen LogP contribution in [0.1, 0.15) is 60.8 Å². The number of carbonyl (C=O) groups excluding carboxylic acids is 3. The Labute approximate surface area is 165 Å². The van der Waals surface area contributed by atoms with Crippen molar-refractivity contribution in [3.05, 3.63) is 22.3 Å². The molecule has 1 aliphatic heterocycles. The van der Waals surface area contributed by atoms with E-state index < -0.39 is 38.5 Å². The Bertz CT molecular complexity index is 911. The third-order valence-corrected chi connectivity index (χ3v) is 8.02. The number of ketones is 1. The van der Waals surface area contributed by atoms with Crippen LogP contribution in [-0.2, 0) is 28.8 Å². The van der Waals surface area contributed by atoms with Crippen LogP contribution < -0.4 is 0 Å². The highest BCUT2D eigenvalue weighted by molar-refractivity contribution is 7.86. The van der Waals surface area contributed by atoms with Crippen molar-refractivity contribution >= 4 is 27.7 Å². The number of Topliss-reactive ketones (excluding diaryl/α,β-unsaturated/α-hetero) is 1. The Balaban J connectivity index is 1.93. The van der Waals surface area contributed by atoms with E-state index in [2.05, 4.69) is 0 Å². The van der Waals surface area contributed by atoms with E-state index in [1.165, 1.54) is 0 Å². The lowest BCUT2D eigenvalue weighted by Crippen LogP contribution is -2.44. The first-order valence-corrected chi connectivity index (χ1v) is 11.0. The molecule has 8 heteroatoms. The standard InChI is InChI=1S/C20H27NO6S/c1-11(2)15-16(12(3)4)18(24)21(17(15)23)27-28(25,26)10-20-8-7-13(9-14(20)22)19(20,5)6/h13H,7-10H2,1-6H3. The molecule has 1 heterocycles. The molecule has 2 unspecified atom stereocenters. The number of nitrogens with zero attached hydrogens (tertiary/aromatic N) is 1. The number of carbonyl (C=O) groups is 3. The normalized spacial score (nSPS) is 29.3. The molecule has 3 fully saturated rings. The average molecular weight is 410 g/mol. The van der Waals surface area contributed by atoms with E-state index in [0.29, 0.717) is 29.1 Å². The topological polar surface area (TPSA) is 97.8 Å². The van der Waals surface area contributed by atoms with Crippen LogP contribution in [0.5, 0.6) is 0 Å². The number of hydrogen-bond acceptors (Lipinski definition) is 6. The van der Waals surface area contributed by atoms with Gasteiger partial charge in [-0.15, -0.1) is 9.35 Å². The molecule has 2 bridgehead atoms. The largest absolute Gasteiger partial charge is 0.299 e. The van der Waals surface area contributed by atoms with Crippen molar-refractivity contribution in [3.8, 4) is 0 Å². The van der Waals surface area contributed by atoms with Gasteiger partial charge in [-0.1, -0.05) is 25.0 Å². The molecule has 0 aromatic rings. The first kappa shape index (κ1) is 20.9. The van der Waals surface area contributed by atoms with Crippen LogP contribution in [0, 0.1) is 16.7 Å². The van der Waals surface area contributed by atoms with Gasteiger partial charge in [0.15, 0.2) is 0 Å². The van der Waals surface area contributed by atoms with Gasteiger partial charge in [-0.25, -0.2) is 0 Å². The Morgan fingerprint density at radius 3 is 1.89 bits per heavy atom. The van der Waals surface area contributed by atoms with Gasteiger partial charge in [0, 0.05) is 6.42 Å². The van der Waals surface area contributed by atoms with Crippen molar-refractivity contribution in [3.63, 3.8) is 0 Å². The quantitative estimate of drug-likeness (QED) is 0.523. The van der Waals surface area contributed by atoms with Crippen molar-refractivity contribution in [2.45, 2.75) is 60.8 Å². The molecule has 3 aliphatic rings. The molecule has 0 aromatic carbocycles. The second kappa shape index (κ2) is 6.35. The lowest BCUT2D eigenvalue weighted by molar-refractivity contribution is -0.161. The van der Waals surface area contributed by atoms with E-state index in [-0.39, 0.29) is 22.8 Å². The van der Waals surface area contributed by atoms with Crippen molar-refractivity contribution in [2.24, 2.45) is 16.7 Å². The fourth-order valence-electron chi connectivity index (χ4n) is 5.05. The molecule has 0 spiro atoms. The molecule has 0 N–H and O–H groups in total. The molecule has 0 aromatic heterocycles. The highest BCUT2D eigenvalue weighted by Gasteiger charge is 2.65. The smallest absolute Gasteiger partial charge is 0.289 e. The lowest BCUT2D eigenvalue weighted by atomic mass is 9.70. The van der Waals surface area contributed by atoms with E-state index in [1.807, 2.05) is 13.8 Å². The van der Waals surface area contributed by atoms with Crippen LogP contribution in [0.15, 0.2) is 22.3 Å². The van der Waals surface area contributed by atoms with Crippen LogP contribution >= 0.6 is 0 Å². The maximum absolute atomic E-state index is 12.8. The summed E-state index contributed by atoms with van der Waals surface area (Å²) in [5.74, 6) is -2.02. The zero-order chi connectivity index (χ0) is 21.2. The SMILES string of the molecule is CC(C)=C1C(=O)N(OS(=O)(=O)CC23CCC(CC2=O)C3(C)C)C(=O)C1=C(C)C. The summed E-state index contributed by atoms with van der Waals surface area (Å²) in [6.07, 6.45) is 1.64. The summed E-state index contributed by atoms with van der Waals surface area (Å²) in [6, 6.07) is 0. The highest BCUT2D eigenvalue weighted by Crippen LogP contribution is 2.64. The second-order valence-corrected chi connectivity index (χ2v) is 10.7. The van der Waals surface area contributed by atoms with Crippen molar-refractivity contribution in [2.75, 3.05) is 5.75 Å². The molecular weight excluding hydrogens is 382 g/mol. The molecule has 28 heavy (non-hydrogen) atoms. The molecule has 2 amide bonds. The molecule has 2 saturated carbocycles. The van der Waals surface area contributed by atoms with Gasteiger partial charge in [-0.3, -0.25) is 14.4 Å². The molecule has 154 valence electrons. The third kappa shape index (κ3) is 2.80. The van der Waals surface area contributed by atoms with E-state index in [9.17, 15) is 22.8 Å². The summed E-state index contributed by atoms with van der Waals surface area (Å²) >= 11 is 0. The van der Waals surface area contributed by atoms with Gasteiger partial charge < -0.3 is 0 Å². The Kier molecular flexibility index (Phi) is 4.75. The van der Waals surface area contributed by atoms with Crippen LogP contribution in [-0.4, -0.2) is 36.8 Å². The number of imide groups is 1. The molecule has 3 rings (SSSR count). The number of hydrogen-bond donors (Lipinski definition) is 0. The summed E-state index contributed by atoms with van der Waals surface area (Å²) in [6.45, 7) is 10.6. The zero-order valence-electron chi connectivity index (χ0n) is 17.2. The summed E-state index contributed by atoms with van der Waals surface area (Å²) in [7, 11) is -4.34. The summed E-state index contributed by atoms with van der Waals surface area (Å²) in [5, 5.41) is 0.329. The van der Waals surface area contributed by atoms with Crippen LogP contribution in [0.3, 0.4) is 0 Å². The Morgan fingerprint density at radius 2 is 1.54 bits per heavy atom.